The fraction of sp³-hybridized carbons (Fsp3) is 0.125. The van der Waals surface area contributed by atoms with Crippen molar-refractivity contribution in [2.75, 3.05) is 12.8 Å². The van der Waals surface area contributed by atoms with E-state index in [1.54, 1.807) is 9.25 Å². The van der Waals surface area contributed by atoms with Crippen LogP contribution < -0.4 is 16.6 Å². The summed E-state index contributed by atoms with van der Waals surface area (Å²) in [4.78, 5) is 34.4. The number of carbonyl (C=O) groups is 1. The number of amides is 1. The largest absolute Gasteiger partial charge is 0.383 e. The van der Waals surface area contributed by atoms with E-state index < -0.39 is 5.91 Å². The summed E-state index contributed by atoms with van der Waals surface area (Å²) in [5.41, 5.74) is 8.81. The van der Waals surface area contributed by atoms with Crippen LogP contribution in [0.25, 0.3) is 27.5 Å². The van der Waals surface area contributed by atoms with E-state index in [0.717, 1.165) is 16.6 Å². The normalized spacial score (nSPS) is 11.2. The average molecular weight is 439 g/mol. The first-order valence-corrected chi connectivity index (χ1v) is 10.4. The molecule has 9 heteroatoms. The van der Waals surface area contributed by atoms with Crippen LogP contribution in [0.2, 0.25) is 0 Å². The van der Waals surface area contributed by atoms with Crippen LogP contribution in [0.15, 0.2) is 65.7 Å². The van der Waals surface area contributed by atoms with E-state index in [1.807, 2.05) is 61.5 Å². The second kappa shape index (κ2) is 7.86. The van der Waals surface area contributed by atoms with Crippen LogP contribution in [-0.2, 0) is 6.54 Å². The minimum Gasteiger partial charge on any atom is -0.383 e. The molecule has 0 aliphatic heterocycles. The van der Waals surface area contributed by atoms with E-state index in [9.17, 15) is 9.59 Å². The first-order valence-electron chi connectivity index (χ1n) is 10.4. The Hall–Kier alpha value is -4.53. The zero-order valence-corrected chi connectivity index (χ0v) is 18.1. The molecule has 3 aromatic heterocycles. The summed E-state index contributed by atoms with van der Waals surface area (Å²) >= 11 is 0. The number of hydrogen-bond acceptors (Lipinski definition) is 6. The van der Waals surface area contributed by atoms with Gasteiger partial charge in [-0.3, -0.25) is 14.2 Å². The number of fused-ring (bicyclic) bond motifs is 2. The monoisotopic (exact) mass is 439 g/mol. The molecule has 3 heterocycles. The summed E-state index contributed by atoms with van der Waals surface area (Å²) in [6.07, 6.45) is 1.33. The molecule has 0 unspecified atom stereocenters. The lowest BCUT2D eigenvalue weighted by Gasteiger charge is -2.16. The Morgan fingerprint density at radius 3 is 2.61 bits per heavy atom. The summed E-state index contributed by atoms with van der Waals surface area (Å²) < 4.78 is 3.25. The molecular weight excluding hydrogens is 418 g/mol. The zero-order valence-electron chi connectivity index (χ0n) is 18.1. The lowest BCUT2D eigenvalue weighted by atomic mass is 10.1. The number of aromatic nitrogens is 5. The summed E-state index contributed by atoms with van der Waals surface area (Å²) in [5, 5.41) is 8.93. The highest BCUT2D eigenvalue weighted by molar-refractivity contribution is 6.07. The first-order chi connectivity index (χ1) is 16.0. The maximum absolute atomic E-state index is 13.7. The van der Waals surface area contributed by atoms with E-state index >= 15 is 0 Å². The molecule has 164 valence electrons. The highest BCUT2D eigenvalue weighted by Crippen LogP contribution is 2.24. The zero-order chi connectivity index (χ0) is 23.1. The molecule has 0 fully saturated rings. The Morgan fingerprint density at radius 1 is 1.06 bits per heavy atom. The molecule has 9 nitrogen and oxygen atoms in total. The van der Waals surface area contributed by atoms with Gasteiger partial charge >= 0.3 is 0 Å². The van der Waals surface area contributed by atoms with Gasteiger partial charge in [-0.1, -0.05) is 36.4 Å². The minimum atomic E-state index is -0.394. The molecular formula is C24H21N7O2. The van der Waals surface area contributed by atoms with E-state index in [1.165, 1.54) is 13.4 Å². The molecule has 33 heavy (non-hydrogen) atoms. The van der Waals surface area contributed by atoms with Gasteiger partial charge in [-0.05, 0) is 36.1 Å². The van der Waals surface area contributed by atoms with Crippen LogP contribution in [0, 0.1) is 6.92 Å². The van der Waals surface area contributed by atoms with Crippen LogP contribution in [-0.4, -0.2) is 37.3 Å². The number of pyridine rings is 1. The van der Waals surface area contributed by atoms with Crippen molar-refractivity contribution in [3.63, 3.8) is 0 Å². The SMILES string of the molecule is CNC(=O)c1nn(Cc2cc3cccc(C)c3c(=O)n2-c2ccccc2)c2ncnc(N)c12. The quantitative estimate of drug-likeness (QED) is 0.444. The molecule has 0 aliphatic rings. The predicted molar refractivity (Wildman–Crippen MR) is 127 cm³/mol. The van der Waals surface area contributed by atoms with Gasteiger partial charge in [0.1, 0.15) is 12.1 Å². The summed E-state index contributed by atoms with van der Waals surface area (Å²) in [7, 11) is 1.52. The fourth-order valence-corrected chi connectivity index (χ4v) is 4.14. The summed E-state index contributed by atoms with van der Waals surface area (Å²) in [6.45, 7) is 2.12. The van der Waals surface area contributed by atoms with Gasteiger partial charge < -0.3 is 11.1 Å². The van der Waals surface area contributed by atoms with Crippen molar-refractivity contribution in [2.24, 2.45) is 0 Å². The van der Waals surface area contributed by atoms with Gasteiger partial charge in [0.05, 0.1) is 17.3 Å². The van der Waals surface area contributed by atoms with E-state index in [-0.39, 0.29) is 23.6 Å². The van der Waals surface area contributed by atoms with Gasteiger partial charge in [-0.25, -0.2) is 14.6 Å². The maximum atomic E-state index is 13.7. The molecule has 0 saturated carbocycles. The van der Waals surface area contributed by atoms with Crippen molar-refractivity contribution >= 4 is 33.5 Å². The second-order valence-electron chi connectivity index (χ2n) is 7.69. The number of nitrogens with zero attached hydrogens (tertiary/aromatic N) is 5. The molecule has 0 atom stereocenters. The van der Waals surface area contributed by atoms with Crippen LogP contribution in [0.3, 0.4) is 0 Å². The van der Waals surface area contributed by atoms with Gasteiger partial charge in [0.15, 0.2) is 11.3 Å². The fourth-order valence-electron chi connectivity index (χ4n) is 4.14. The number of nitrogens with one attached hydrogen (secondary N) is 1. The Kier molecular flexibility index (Phi) is 4.86. The van der Waals surface area contributed by atoms with E-state index in [0.29, 0.717) is 22.1 Å². The van der Waals surface area contributed by atoms with Gasteiger partial charge in [0.25, 0.3) is 11.5 Å². The third kappa shape index (κ3) is 3.30. The van der Waals surface area contributed by atoms with Crippen molar-refractivity contribution in [1.82, 2.24) is 29.6 Å². The standard InChI is InChI=1S/C24H21N7O2/c1-14-7-6-8-15-11-17(31(24(33)18(14)15)16-9-4-3-5-10-16)12-30-22-19(21(25)27-13-28-22)20(29-30)23(32)26-2/h3-11,13H,12H2,1-2H3,(H,26,32)(H2,25,27,28). The number of para-hydroxylation sites is 1. The topological polar surface area (TPSA) is 121 Å². The maximum Gasteiger partial charge on any atom is 0.272 e. The molecule has 0 spiro atoms. The first kappa shape index (κ1) is 20.4. The third-order valence-electron chi connectivity index (χ3n) is 5.66. The average Bonchev–Trinajstić information content (AvgIpc) is 3.19. The minimum absolute atomic E-state index is 0.121. The molecule has 1 amide bonds. The number of anilines is 1. The molecule has 3 N–H and O–H groups in total. The number of benzene rings is 2. The lowest BCUT2D eigenvalue weighted by molar-refractivity contribution is 0.0959. The van der Waals surface area contributed by atoms with Gasteiger partial charge in [0.2, 0.25) is 0 Å². The number of aryl methyl sites for hydroxylation is 1. The Balaban J connectivity index is 1.79. The Bertz CT molecular complexity index is 1590. The van der Waals surface area contributed by atoms with Gasteiger partial charge in [-0.15, -0.1) is 0 Å². The molecule has 2 aromatic carbocycles. The number of nitrogens with two attached hydrogens (primary N) is 1. The van der Waals surface area contributed by atoms with Crippen molar-refractivity contribution < 1.29 is 4.79 Å². The molecule has 0 aliphatic carbocycles. The Morgan fingerprint density at radius 2 is 1.85 bits per heavy atom. The number of carbonyl (C=O) groups excluding carboxylic acids is 1. The molecule has 5 rings (SSSR count). The highest BCUT2D eigenvalue weighted by Gasteiger charge is 2.22. The van der Waals surface area contributed by atoms with Crippen LogP contribution in [0.1, 0.15) is 21.7 Å². The molecule has 0 saturated heterocycles. The van der Waals surface area contributed by atoms with Crippen LogP contribution >= 0.6 is 0 Å². The van der Waals surface area contributed by atoms with E-state index in [2.05, 4.69) is 20.4 Å². The van der Waals surface area contributed by atoms with E-state index in [4.69, 9.17) is 5.73 Å². The molecule has 5 aromatic rings. The van der Waals surface area contributed by atoms with Crippen molar-refractivity contribution in [1.29, 1.82) is 0 Å². The molecule has 0 radical (unpaired) electrons. The van der Waals surface area contributed by atoms with Crippen molar-refractivity contribution in [3.05, 3.63) is 88.2 Å². The number of nitrogen functional groups attached to an aromatic ring is 1. The smallest absolute Gasteiger partial charge is 0.272 e. The number of hydrogen-bond donors (Lipinski definition) is 2. The number of rotatable bonds is 4. The van der Waals surface area contributed by atoms with Crippen LogP contribution in [0.5, 0.6) is 0 Å². The summed E-state index contributed by atoms with van der Waals surface area (Å²) in [5.74, 6) is -0.228. The van der Waals surface area contributed by atoms with Crippen molar-refractivity contribution in [3.8, 4) is 5.69 Å². The predicted octanol–water partition coefficient (Wildman–Crippen LogP) is 2.43. The second-order valence-corrected chi connectivity index (χ2v) is 7.69. The molecule has 0 bridgehead atoms. The summed E-state index contributed by atoms with van der Waals surface area (Å²) in [6, 6.07) is 17.2. The van der Waals surface area contributed by atoms with Gasteiger partial charge in [0, 0.05) is 18.4 Å². The van der Waals surface area contributed by atoms with Crippen LogP contribution in [0.4, 0.5) is 5.82 Å². The third-order valence-corrected chi connectivity index (χ3v) is 5.66. The lowest BCUT2D eigenvalue weighted by Crippen LogP contribution is -2.24. The van der Waals surface area contributed by atoms with Crippen molar-refractivity contribution in [2.45, 2.75) is 13.5 Å². The Labute approximate surface area is 188 Å². The highest BCUT2D eigenvalue weighted by atomic mass is 16.2. The van der Waals surface area contributed by atoms with Gasteiger partial charge in [-0.2, -0.15) is 5.10 Å².